The van der Waals surface area contributed by atoms with Crippen molar-refractivity contribution in [1.82, 2.24) is 15.0 Å². The van der Waals surface area contributed by atoms with Crippen LogP contribution >= 0.6 is 11.3 Å². The van der Waals surface area contributed by atoms with E-state index in [1.54, 1.807) is 17.5 Å². The fraction of sp³-hybridized carbons (Fsp3) is 0.333. The van der Waals surface area contributed by atoms with E-state index in [-0.39, 0.29) is 5.78 Å². The van der Waals surface area contributed by atoms with Crippen LogP contribution in [-0.2, 0) is 13.0 Å². The van der Waals surface area contributed by atoms with Crippen LogP contribution in [-0.4, -0.2) is 20.7 Å². The van der Waals surface area contributed by atoms with Crippen LogP contribution in [0.2, 0.25) is 0 Å². The minimum atomic E-state index is -0.00266. The first-order chi connectivity index (χ1) is 8.69. The number of carbonyl (C=O) groups excluding carboxylic acids is 1. The van der Waals surface area contributed by atoms with Gasteiger partial charge in [0.25, 0.3) is 0 Å². The molecule has 2 N–H and O–H groups in total. The zero-order valence-corrected chi connectivity index (χ0v) is 10.9. The largest absolute Gasteiger partial charge is 0.325 e. The average Bonchev–Trinajstić information content (AvgIpc) is 2.82. The van der Waals surface area contributed by atoms with Gasteiger partial charge in [-0.3, -0.25) is 9.78 Å². The Morgan fingerprint density at radius 1 is 1.28 bits per heavy atom. The first-order valence-corrected chi connectivity index (χ1v) is 6.46. The number of aromatic nitrogens is 3. The minimum Gasteiger partial charge on any atom is -0.325 e. The van der Waals surface area contributed by atoms with Crippen LogP contribution in [0.25, 0.3) is 0 Å². The number of aryl methyl sites for hydroxylation is 2. The van der Waals surface area contributed by atoms with Crippen LogP contribution in [0.4, 0.5) is 0 Å². The number of hydrogen-bond acceptors (Lipinski definition) is 6. The fourth-order valence-electron chi connectivity index (χ4n) is 1.49. The third-order valence-electron chi connectivity index (χ3n) is 2.47. The number of nitrogens with zero attached hydrogens (tertiary/aromatic N) is 3. The number of ketones is 1. The van der Waals surface area contributed by atoms with E-state index in [4.69, 9.17) is 5.73 Å². The second kappa shape index (κ2) is 5.79. The van der Waals surface area contributed by atoms with Gasteiger partial charge >= 0.3 is 0 Å². The Kier molecular flexibility index (Phi) is 4.11. The Morgan fingerprint density at radius 2 is 2.11 bits per heavy atom. The van der Waals surface area contributed by atoms with Gasteiger partial charge in [-0.2, -0.15) is 0 Å². The van der Waals surface area contributed by atoms with Crippen molar-refractivity contribution in [3.63, 3.8) is 0 Å². The number of Topliss-reactive ketones (excluding diaryl/α,β-unsaturated/α-hetero) is 1. The zero-order chi connectivity index (χ0) is 13.0. The molecule has 2 rings (SSSR count). The van der Waals surface area contributed by atoms with Gasteiger partial charge in [0.15, 0.2) is 5.78 Å². The van der Waals surface area contributed by atoms with E-state index in [1.165, 1.54) is 6.20 Å². The molecule has 0 aliphatic rings. The maximum atomic E-state index is 11.9. The lowest BCUT2D eigenvalue weighted by molar-refractivity contribution is 0.0978. The van der Waals surface area contributed by atoms with Gasteiger partial charge in [0.05, 0.1) is 23.1 Å². The highest BCUT2D eigenvalue weighted by molar-refractivity contribution is 7.11. The maximum absolute atomic E-state index is 11.9. The summed E-state index contributed by atoms with van der Waals surface area (Å²) in [5.74, 6) is -0.00266. The molecule has 94 valence electrons. The van der Waals surface area contributed by atoms with Gasteiger partial charge in [-0.1, -0.05) is 0 Å². The topological polar surface area (TPSA) is 81.8 Å². The van der Waals surface area contributed by atoms with Gasteiger partial charge in [-0.15, -0.1) is 11.3 Å². The smallest absolute Gasteiger partial charge is 0.183 e. The molecule has 0 amide bonds. The number of rotatable bonds is 5. The zero-order valence-electron chi connectivity index (χ0n) is 10.1. The second-order valence-corrected chi connectivity index (χ2v) is 5.19. The number of carbonyl (C=O) groups is 1. The molecule has 0 aromatic carbocycles. The van der Waals surface area contributed by atoms with Gasteiger partial charge in [0.1, 0.15) is 5.69 Å². The van der Waals surface area contributed by atoms with E-state index in [9.17, 15) is 4.79 Å². The van der Waals surface area contributed by atoms with Crippen molar-refractivity contribution >= 4 is 17.1 Å². The molecule has 5 nitrogen and oxygen atoms in total. The van der Waals surface area contributed by atoms with E-state index in [2.05, 4.69) is 15.0 Å². The summed E-state index contributed by atoms with van der Waals surface area (Å²) >= 11 is 1.62. The molecular formula is C12H14N4OS. The predicted molar refractivity (Wildman–Crippen MR) is 69.4 cm³/mol. The molecule has 0 unspecified atom stereocenters. The van der Waals surface area contributed by atoms with Gasteiger partial charge in [0.2, 0.25) is 0 Å². The summed E-state index contributed by atoms with van der Waals surface area (Å²) < 4.78 is 0. The highest BCUT2D eigenvalue weighted by Gasteiger charge is 2.09. The van der Waals surface area contributed by atoms with Crippen molar-refractivity contribution in [2.45, 2.75) is 26.3 Å². The summed E-state index contributed by atoms with van der Waals surface area (Å²) in [5.41, 5.74) is 6.50. The molecule has 6 heteroatoms. The van der Waals surface area contributed by atoms with Crippen molar-refractivity contribution in [3.05, 3.63) is 39.9 Å². The lowest BCUT2D eigenvalue weighted by Crippen LogP contribution is -2.07. The summed E-state index contributed by atoms with van der Waals surface area (Å²) in [6, 6.07) is 0. The summed E-state index contributed by atoms with van der Waals surface area (Å²) in [7, 11) is 0. The van der Waals surface area contributed by atoms with Crippen molar-refractivity contribution in [3.8, 4) is 0 Å². The number of nitrogens with two attached hydrogens (primary N) is 1. The van der Waals surface area contributed by atoms with E-state index >= 15 is 0 Å². The SMILES string of the molecule is Cc1ncc(CCC(=O)c2cnc(CN)cn2)s1. The average molecular weight is 262 g/mol. The van der Waals surface area contributed by atoms with Gasteiger partial charge in [-0.05, 0) is 13.3 Å². The molecule has 0 atom stereocenters. The summed E-state index contributed by atoms with van der Waals surface area (Å²) in [5, 5.41) is 1.02. The maximum Gasteiger partial charge on any atom is 0.183 e. The molecule has 2 heterocycles. The molecule has 0 bridgehead atoms. The Labute approximate surface area is 109 Å². The third-order valence-corrected chi connectivity index (χ3v) is 3.44. The third kappa shape index (κ3) is 3.18. The Morgan fingerprint density at radius 3 is 2.67 bits per heavy atom. The lowest BCUT2D eigenvalue weighted by Gasteiger charge is -2.00. The van der Waals surface area contributed by atoms with E-state index in [0.717, 1.165) is 9.88 Å². The van der Waals surface area contributed by atoms with Crippen molar-refractivity contribution in [1.29, 1.82) is 0 Å². The van der Waals surface area contributed by atoms with Crippen LogP contribution < -0.4 is 5.73 Å². The van der Waals surface area contributed by atoms with Gasteiger partial charge < -0.3 is 5.73 Å². The standard InChI is InChI=1S/C12H14N4OS/c1-8-14-6-10(18-8)2-3-12(17)11-7-15-9(4-13)5-16-11/h5-7H,2-4,13H2,1H3. The molecule has 0 aliphatic carbocycles. The number of hydrogen-bond donors (Lipinski definition) is 1. The first kappa shape index (κ1) is 12.8. The second-order valence-electron chi connectivity index (χ2n) is 3.87. The van der Waals surface area contributed by atoms with Crippen LogP contribution in [0.5, 0.6) is 0 Å². The quantitative estimate of drug-likeness (QED) is 0.826. The Hall–Kier alpha value is -1.66. The summed E-state index contributed by atoms with van der Waals surface area (Å²) in [6.07, 6.45) is 5.98. The molecule has 0 aliphatic heterocycles. The molecule has 2 aromatic heterocycles. The van der Waals surface area contributed by atoms with Crippen LogP contribution in [0.3, 0.4) is 0 Å². The lowest BCUT2D eigenvalue weighted by atomic mass is 10.1. The van der Waals surface area contributed by atoms with E-state index in [0.29, 0.717) is 30.8 Å². The molecule has 0 saturated carbocycles. The monoisotopic (exact) mass is 262 g/mol. The molecule has 0 spiro atoms. The van der Waals surface area contributed by atoms with Crippen molar-refractivity contribution in [2.24, 2.45) is 5.73 Å². The predicted octanol–water partition coefficient (Wildman–Crippen LogP) is 1.52. The van der Waals surface area contributed by atoms with Gasteiger partial charge in [-0.25, -0.2) is 9.97 Å². The fourth-order valence-corrected chi connectivity index (χ4v) is 2.28. The molecule has 0 saturated heterocycles. The normalized spacial score (nSPS) is 10.6. The highest BCUT2D eigenvalue weighted by Crippen LogP contribution is 2.14. The van der Waals surface area contributed by atoms with Crippen LogP contribution in [0.1, 0.15) is 32.5 Å². The summed E-state index contributed by atoms with van der Waals surface area (Å²) in [4.78, 5) is 25.3. The molecule has 0 radical (unpaired) electrons. The van der Waals surface area contributed by atoms with Crippen molar-refractivity contribution in [2.75, 3.05) is 0 Å². The summed E-state index contributed by atoms with van der Waals surface area (Å²) in [6.45, 7) is 2.29. The highest BCUT2D eigenvalue weighted by atomic mass is 32.1. The van der Waals surface area contributed by atoms with E-state index in [1.807, 2.05) is 13.1 Å². The molecule has 0 fully saturated rings. The van der Waals surface area contributed by atoms with Crippen molar-refractivity contribution < 1.29 is 4.79 Å². The number of thiazole rings is 1. The van der Waals surface area contributed by atoms with Crippen LogP contribution in [0, 0.1) is 6.92 Å². The van der Waals surface area contributed by atoms with Gasteiger partial charge in [0, 0.05) is 24.0 Å². The van der Waals surface area contributed by atoms with E-state index < -0.39 is 0 Å². The Balaban J connectivity index is 1.94. The molecular weight excluding hydrogens is 248 g/mol. The molecule has 18 heavy (non-hydrogen) atoms. The Bertz CT molecular complexity index is 535. The van der Waals surface area contributed by atoms with Crippen LogP contribution in [0.15, 0.2) is 18.6 Å². The first-order valence-electron chi connectivity index (χ1n) is 5.64. The molecule has 2 aromatic rings. The minimum absolute atomic E-state index is 0.00266.